The summed E-state index contributed by atoms with van der Waals surface area (Å²) in [5.41, 5.74) is 6.69. The van der Waals surface area contributed by atoms with Gasteiger partial charge in [0.2, 0.25) is 0 Å². The van der Waals surface area contributed by atoms with Crippen LogP contribution in [0.4, 0.5) is 0 Å². The highest BCUT2D eigenvalue weighted by atomic mass is 16.5. The van der Waals surface area contributed by atoms with E-state index in [9.17, 15) is 0 Å². The van der Waals surface area contributed by atoms with Gasteiger partial charge in [0, 0.05) is 26.2 Å². The second-order valence-electron chi connectivity index (χ2n) is 4.73. The van der Waals surface area contributed by atoms with Crippen LogP contribution in [0.2, 0.25) is 0 Å². The lowest BCUT2D eigenvalue weighted by Crippen LogP contribution is -2.39. The van der Waals surface area contributed by atoms with Crippen molar-refractivity contribution in [2.24, 2.45) is 5.73 Å². The molecule has 0 spiro atoms. The summed E-state index contributed by atoms with van der Waals surface area (Å²) in [7, 11) is 0. The van der Waals surface area contributed by atoms with Crippen LogP contribution in [0.1, 0.15) is 18.4 Å². The van der Waals surface area contributed by atoms with Gasteiger partial charge in [-0.2, -0.15) is 0 Å². The number of β-amino-alcohol motifs (C(OH)–C–C–N with tert-alkyl or cyclic N) is 1. The molecule has 0 atom stereocenters. The number of piperidine rings is 1. The molecule has 1 saturated heterocycles. The van der Waals surface area contributed by atoms with Crippen molar-refractivity contribution in [3.05, 3.63) is 29.8 Å². The fraction of sp³-hybridized carbons (Fsp3) is 0.571. The first-order valence-corrected chi connectivity index (χ1v) is 6.60. The maximum Gasteiger partial charge on any atom is 0.119 e. The highest BCUT2D eigenvalue weighted by molar-refractivity contribution is 5.27. The Morgan fingerprint density at radius 1 is 1.22 bits per heavy atom. The van der Waals surface area contributed by atoms with Gasteiger partial charge in [0.1, 0.15) is 11.9 Å². The molecule has 2 rings (SSSR count). The van der Waals surface area contributed by atoms with Crippen molar-refractivity contribution < 1.29 is 9.84 Å². The molecule has 4 heteroatoms. The van der Waals surface area contributed by atoms with Gasteiger partial charge in [0.25, 0.3) is 0 Å². The zero-order valence-corrected chi connectivity index (χ0v) is 10.7. The Labute approximate surface area is 108 Å². The summed E-state index contributed by atoms with van der Waals surface area (Å²) < 4.78 is 5.95. The summed E-state index contributed by atoms with van der Waals surface area (Å²) in [5.74, 6) is 0.924. The number of hydrogen-bond acceptors (Lipinski definition) is 4. The molecule has 0 unspecified atom stereocenters. The lowest BCUT2D eigenvalue weighted by Gasteiger charge is -2.31. The average molecular weight is 250 g/mol. The van der Waals surface area contributed by atoms with Gasteiger partial charge in [-0.05, 0) is 30.5 Å². The maximum absolute atomic E-state index is 8.89. The van der Waals surface area contributed by atoms with E-state index in [2.05, 4.69) is 4.90 Å². The Morgan fingerprint density at radius 3 is 2.44 bits per heavy atom. The van der Waals surface area contributed by atoms with Crippen molar-refractivity contribution in [2.45, 2.75) is 25.5 Å². The van der Waals surface area contributed by atoms with Crippen molar-refractivity contribution in [1.29, 1.82) is 0 Å². The third-order valence-electron chi connectivity index (χ3n) is 3.41. The minimum Gasteiger partial charge on any atom is -0.490 e. The predicted molar refractivity (Wildman–Crippen MR) is 71.5 cm³/mol. The molecule has 1 heterocycles. The second-order valence-corrected chi connectivity index (χ2v) is 4.73. The van der Waals surface area contributed by atoms with E-state index in [0.717, 1.165) is 43.8 Å². The number of benzene rings is 1. The predicted octanol–water partition coefficient (Wildman–Crippen LogP) is 0.981. The standard InChI is InChI=1S/C14H22N2O2/c15-11-12-1-3-13(4-2-12)18-14-5-7-16(8-6-14)9-10-17/h1-4,14,17H,5-11,15H2. The van der Waals surface area contributed by atoms with E-state index < -0.39 is 0 Å². The number of nitrogens with two attached hydrogens (primary N) is 1. The highest BCUT2D eigenvalue weighted by Gasteiger charge is 2.19. The van der Waals surface area contributed by atoms with E-state index in [0.29, 0.717) is 12.6 Å². The van der Waals surface area contributed by atoms with Crippen LogP contribution >= 0.6 is 0 Å². The molecular weight excluding hydrogens is 228 g/mol. The Balaban J connectivity index is 1.80. The molecule has 0 aromatic heterocycles. The molecule has 0 amide bonds. The SMILES string of the molecule is NCc1ccc(OC2CCN(CCO)CC2)cc1. The van der Waals surface area contributed by atoms with Gasteiger partial charge in [-0.3, -0.25) is 0 Å². The minimum atomic E-state index is 0.242. The lowest BCUT2D eigenvalue weighted by molar-refractivity contribution is 0.0889. The molecule has 0 aliphatic carbocycles. The molecule has 1 aliphatic rings. The molecule has 1 fully saturated rings. The van der Waals surface area contributed by atoms with E-state index >= 15 is 0 Å². The summed E-state index contributed by atoms with van der Waals surface area (Å²) >= 11 is 0. The summed E-state index contributed by atoms with van der Waals surface area (Å²) in [4.78, 5) is 2.28. The molecule has 0 saturated carbocycles. The quantitative estimate of drug-likeness (QED) is 0.818. The van der Waals surface area contributed by atoms with Gasteiger partial charge in [0.05, 0.1) is 6.61 Å². The molecule has 18 heavy (non-hydrogen) atoms. The van der Waals surface area contributed by atoms with E-state index in [1.807, 2.05) is 24.3 Å². The fourth-order valence-electron chi connectivity index (χ4n) is 2.29. The van der Waals surface area contributed by atoms with Gasteiger partial charge < -0.3 is 20.5 Å². The van der Waals surface area contributed by atoms with Gasteiger partial charge >= 0.3 is 0 Å². The summed E-state index contributed by atoms with van der Waals surface area (Å²) in [6.07, 6.45) is 2.35. The first-order valence-electron chi connectivity index (χ1n) is 6.60. The van der Waals surface area contributed by atoms with Gasteiger partial charge in [0.15, 0.2) is 0 Å². The largest absolute Gasteiger partial charge is 0.490 e. The first kappa shape index (κ1) is 13.3. The van der Waals surface area contributed by atoms with E-state index in [-0.39, 0.29) is 6.61 Å². The summed E-state index contributed by atoms with van der Waals surface area (Å²) in [6, 6.07) is 8.00. The van der Waals surface area contributed by atoms with Crippen LogP contribution in [0.15, 0.2) is 24.3 Å². The number of ether oxygens (including phenoxy) is 1. The fourth-order valence-corrected chi connectivity index (χ4v) is 2.29. The average Bonchev–Trinajstić information content (AvgIpc) is 2.42. The Hall–Kier alpha value is -1.10. The van der Waals surface area contributed by atoms with Crippen molar-refractivity contribution in [2.75, 3.05) is 26.2 Å². The van der Waals surface area contributed by atoms with E-state index in [1.165, 1.54) is 0 Å². The van der Waals surface area contributed by atoms with Crippen LogP contribution in [0.25, 0.3) is 0 Å². The summed E-state index contributed by atoms with van der Waals surface area (Å²) in [6.45, 7) is 3.60. The highest BCUT2D eigenvalue weighted by Crippen LogP contribution is 2.19. The molecular formula is C14H22N2O2. The number of hydrogen-bond donors (Lipinski definition) is 2. The topological polar surface area (TPSA) is 58.7 Å². The van der Waals surface area contributed by atoms with E-state index in [1.54, 1.807) is 0 Å². The second kappa shape index (κ2) is 6.73. The van der Waals surface area contributed by atoms with Crippen LogP contribution in [-0.2, 0) is 6.54 Å². The number of likely N-dealkylation sites (tertiary alicyclic amines) is 1. The zero-order chi connectivity index (χ0) is 12.8. The molecule has 1 aliphatic heterocycles. The van der Waals surface area contributed by atoms with Gasteiger partial charge in [-0.25, -0.2) is 0 Å². The molecule has 0 bridgehead atoms. The van der Waals surface area contributed by atoms with Crippen LogP contribution in [0.3, 0.4) is 0 Å². The number of aliphatic hydroxyl groups is 1. The molecule has 4 nitrogen and oxygen atoms in total. The normalized spacial score (nSPS) is 17.9. The smallest absolute Gasteiger partial charge is 0.119 e. The number of aliphatic hydroxyl groups excluding tert-OH is 1. The lowest BCUT2D eigenvalue weighted by atomic mass is 10.1. The van der Waals surface area contributed by atoms with Crippen LogP contribution in [0.5, 0.6) is 5.75 Å². The molecule has 0 radical (unpaired) electrons. The molecule has 100 valence electrons. The van der Waals surface area contributed by atoms with Crippen LogP contribution in [0, 0.1) is 0 Å². The van der Waals surface area contributed by atoms with Crippen molar-refractivity contribution in [3.8, 4) is 5.75 Å². The Bertz CT molecular complexity index is 345. The molecule has 3 N–H and O–H groups in total. The van der Waals surface area contributed by atoms with Crippen molar-refractivity contribution in [1.82, 2.24) is 4.90 Å². The Kier molecular flexibility index (Phi) is 4.99. The third-order valence-corrected chi connectivity index (χ3v) is 3.41. The maximum atomic E-state index is 8.89. The van der Waals surface area contributed by atoms with E-state index in [4.69, 9.17) is 15.6 Å². The van der Waals surface area contributed by atoms with Gasteiger partial charge in [-0.1, -0.05) is 12.1 Å². The summed E-state index contributed by atoms with van der Waals surface area (Å²) in [5, 5.41) is 8.89. The van der Waals surface area contributed by atoms with Crippen LogP contribution < -0.4 is 10.5 Å². The molecule has 1 aromatic carbocycles. The van der Waals surface area contributed by atoms with Crippen molar-refractivity contribution in [3.63, 3.8) is 0 Å². The number of rotatable bonds is 5. The third kappa shape index (κ3) is 3.70. The number of nitrogens with zero attached hydrogens (tertiary/aromatic N) is 1. The van der Waals surface area contributed by atoms with Crippen molar-refractivity contribution >= 4 is 0 Å². The monoisotopic (exact) mass is 250 g/mol. The van der Waals surface area contributed by atoms with Crippen LogP contribution in [-0.4, -0.2) is 42.4 Å². The zero-order valence-electron chi connectivity index (χ0n) is 10.7. The first-order chi connectivity index (χ1) is 8.81. The molecule has 1 aromatic rings. The minimum absolute atomic E-state index is 0.242. The van der Waals surface area contributed by atoms with Gasteiger partial charge in [-0.15, -0.1) is 0 Å². The Morgan fingerprint density at radius 2 is 1.89 bits per heavy atom.